The molecule has 1 saturated heterocycles. The fourth-order valence-electron chi connectivity index (χ4n) is 5.13. The first-order chi connectivity index (χ1) is 20.4. The summed E-state index contributed by atoms with van der Waals surface area (Å²) in [5.41, 5.74) is 1.23. The second kappa shape index (κ2) is 11.7. The predicted molar refractivity (Wildman–Crippen MR) is 158 cm³/mol. The predicted octanol–water partition coefficient (Wildman–Crippen LogP) is 5.14. The Kier molecular flexibility index (Phi) is 7.66. The Bertz CT molecular complexity index is 1810. The molecule has 1 amide bonds. The van der Waals surface area contributed by atoms with E-state index in [9.17, 15) is 18.4 Å². The number of aromatic nitrogens is 3. The van der Waals surface area contributed by atoms with Crippen LogP contribution in [0.5, 0.6) is 5.75 Å². The first-order valence-electron chi connectivity index (χ1n) is 13.5. The Morgan fingerprint density at radius 3 is 2.60 bits per heavy atom. The molecule has 1 fully saturated rings. The van der Waals surface area contributed by atoms with Gasteiger partial charge >= 0.3 is 0 Å². The molecule has 1 N–H and O–H groups in total. The van der Waals surface area contributed by atoms with E-state index in [1.165, 1.54) is 4.57 Å². The van der Waals surface area contributed by atoms with E-state index in [1.807, 2.05) is 35.2 Å². The average molecular weight is 588 g/mol. The summed E-state index contributed by atoms with van der Waals surface area (Å²) in [7, 11) is 1.56. The van der Waals surface area contributed by atoms with Crippen LogP contribution in [0.15, 0.2) is 77.6 Å². The topological polar surface area (TPSA) is 89.3 Å². The molecule has 1 unspecified atom stereocenters. The van der Waals surface area contributed by atoms with Crippen LogP contribution in [0.1, 0.15) is 24.0 Å². The van der Waals surface area contributed by atoms with Gasteiger partial charge in [-0.2, -0.15) is 0 Å². The van der Waals surface area contributed by atoms with E-state index >= 15 is 0 Å². The van der Waals surface area contributed by atoms with Crippen LogP contribution in [0.2, 0.25) is 0 Å². The summed E-state index contributed by atoms with van der Waals surface area (Å²) in [6.45, 7) is 1.05. The quantitative estimate of drug-likeness (QED) is 0.271. The van der Waals surface area contributed by atoms with Crippen LogP contribution in [0.4, 0.5) is 13.9 Å². The van der Waals surface area contributed by atoms with E-state index in [1.54, 1.807) is 31.4 Å². The summed E-state index contributed by atoms with van der Waals surface area (Å²) in [5, 5.41) is 3.49. The number of hydrogen-bond donors (Lipinski definition) is 1. The molecule has 0 saturated carbocycles. The number of rotatable bonds is 8. The van der Waals surface area contributed by atoms with Crippen molar-refractivity contribution in [3.05, 3.63) is 106 Å². The number of carbonyl (C=O) groups is 1. The normalized spacial score (nSPS) is 14.8. The molecule has 3 heterocycles. The Balaban J connectivity index is 1.38. The number of fused-ring (bicyclic) bond motifs is 1. The lowest BCUT2D eigenvalue weighted by Crippen LogP contribution is -2.43. The molecule has 1 aliphatic rings. The number of methoxy groups -OCH3 is 1. The van der Waals surface area contributed by atoms with E-state index in [-0.39, 0.29) is 34.2 Å². The molecule has 214 valence electrons. The fourth-order valence-corrected chi connectivity index (χ4v) is 6.13. The highest BCUT2D eigenvalue weighted by Gasteiger charge is 2.33. The van der Waals surface area contributed by atoms with Gasteiger partial charge in [-0.05, 0) is 54.3 Å². The van der Waals surface area contributed by atoms with Crippen molar-refractivity contribution < 1.29 is 18.3 Å². The zero-order valence-corrected chi connectivity index (χ0v) is 23.5. The van der Waals surface area contributed by atoms with Crippen LogP contribution in [0.3, 0.4) is 0 Å². The SMILES string of the molecule is COc1ccc(Cn2c(-c3cc(F)ccc3F)nc3sc(N4CCCC4C(=O)NCc4ccccc4)nc3c2=O)cc1. The summed E-state index contributed by atoms with van der Waals surface area (Å²) in [5.74, 6) is -0.834. The van der Waals surface area contributed by atoms with Crippen LogP contribution in [-0.4, -0.2) is 40.1 Å². The lowest BCUT2D eigenvalue weighted by molar-refractivity contribution is -0.122. The Morgan fingerprint density at radius 2 is 1.83 bits per heavy atom. The number of nitrogens with zero attached hydrogens (tertiary/aromatic N) is 4. The van der Waals surface area contributed by atoms with Gasteiger partial charge in [-0.15, -0.1) is 0 Å². The summed E-state index contributed by atoms with van der Waals surface area (Å²) in [4.78, 5) is 38.5. The number of amides is 1. The van der Waals surface area contributed by atoms with E-state index < -0.39 is 23.2 Å². The molecule has 1 aliphatic heterocycles. The standard InChI is InChI=1S/C31H27F2N5O3S/c1-41-22-12-9-20(10-13-22)18-38-27(23-16-21(32)11-14-24(23)33)36-29-26(30(38)40)35-31(42-29)37-15-5-8-25(37)28(39)34-17-19-6-3-2-4-7-19/h2-4,6-7,9-14,16,25H,5,8,15,17-18H2,1H3,(H,34,39). The second-order valence-electron chi connectivity index (χ2n) is 10.0. The average Bonchev–Trinajstić information content (AvgIpc) is 3.67. The van der Waals surface area contributed by atoms with Gasteiger partial charge in [0, 0.05) is 13.1 Å². The maximum absolute atomic E-state index is 15.0. The third-order valence-electron chi connectivity index (χ3n) is 7.29. The van der Waals surface area contributed by atoms with Crippen LogP contribution < -0.4 is 20.5 Å². The summed E-state index contributed by atoms with van der Waals surface area (Å²) < 4.78 is 35.8. The first-order valence-corrected chi connectivity index (χ1v) is 14.3. The maximum Gasteiger partial charge on any atom is 0.281 e. The third kappa shape index (κ3) is 5.47. The Hall–Kier alpha value is -4.64. The van der Waals surface area contributed by atoms with Gasteiger partial charge in [-0.1, -0.05) is 53.8 Å². The fraction of sp³-hybridized carbons (Fsp3) is 0.226. The lowest BCUT2D eigenvalue weighted by Gasteiger charge is -2.23. The van der Waals surface area contributed by atoms with E-state index in [0.29, 0.717) is 30.4 Å². The van der Waals surface area contributed by atoms with Gasteiger partial charge in [0.25, 0.3) is 5.56 Å². The van der Waals surface area contributed by atoms with Crippen molar-refractivity contribution in [2.24, 2.45) is 0 Å². The minimum Gasteiger partial charge on any atom is -0.497 e. The van der Waals surface area contributed by atoms with E-state index in [4.69, 9.17) is 4.74 Å². The number of hydrogen-bond acceptors (Lipinski definition) is 7. The number of halogens is 2. The summed E-state index contributed by atoms with van der Waals surface area (Å²) in [6.07, 6.45) is 1.43. The molecule has 5 aromatic rings. The van der Waals surface area contributed by atoms with E-state index in [0.717, 1.165) is 47.1 Å². The van der Waals surface area contributed by atoms with Crippen molar-refractivity contribution in [3.8, 4) is 17.1 Å². The Labute approximate surface area is 244 Å². The summed E-state index contributed by atoms with van der Waals surface area (Å²) in [6, 6.07) is 19.4. The van der Waals surface area contributed by atoms with Gasteiger partial charge in [0.2, 0.25) is 5.91 Å². The third-order valence-corrected chi connectivity index (χ3v) is 8.27. The Morgan fingerprint density at radius 1 is 1.05 bits per heavy atom. The van der Waals surface area contributed by atoms with Crippen LogP contribution in [-0.2, 0) is 17.9 Å². The van der Waals surface area contributed by atoms with Gasteiger partial charge in [-0.25, -0.2) is 18.7 Å². The highest BCUT2D eigenvalue weighted by Crippen LogP contribution is 2.33. The smallest absolute Gasteiger partial charge is 0.281 e. The number of thiazole rings is 1. The largest absolute Gasteiger partial charge is 0.497 e. The number of ether oxygens (including phenoxy) is 1. The molecule has 0 bridgehead atoms. The molecule has 0 aliphatic carbocycles. The first kappa shape index (κ1) is 27.5. The molecule has 42 heavy (non-hydrogen) atoms. The molecule has 0 radical (unpaired) electrons. The maximum atomic E-state index is 15.0. The van der Waals surface area contributed by atoms with Gasteiger partial charge < -0.3 is 15.0 Å². The minimum atomic E-state index is -0.703. The summed E-state index contributed by atoms with van der Waals surface area (Å²) >= 11 is 1.16. The van der Waals surface area contributed by atoms with Crippen molar-refractivity contribution in [2.75, 3.05) is 18.6 Å². The van der Waals surface area contributed by atoms with Crippen molar-refractivity contribution in [2.45, 2.75) is 32.0 Å². The molecular weight excluding hydrogens is 560 g/mol. The molecule has 2 aromatic heterocycles. The highest BCUT2D eigenvalue weighted by molar-refractivity contribution is 7.21. The molecule has 1 atom stereocenters. The second-order valence-corrected chi connectivity index (χ2v) is 11.0. The molecule has 11 heteroatoms. The number of anilines is 1. The molecule has 3 aromatic carbocycles. The highest BCUT2D eigenvalue weighted by atomic mass is 32.1. The van der Waals surface area contributed by atoms with Gasteiger partial charge in [0.15, 0.2) is 15.5 Å². The van der Waals surface area contributed by atoms with Crippen molar-refractivity contribution in [3.63, 3.8) is 0 Å². The zero-order valence-electron chi connectivity index (χ0n) is 22.7. The minimum absolute atomic E-state index is 0.00547. The molecule has 6 rings (SSSR count). The number of benzene rings is 3. The van der Waals surface area contributed by atoms with Crippen molar-refractivity contribution in [1.29, 1.82) is 0 Å². The van der Waals surface area contributed by atoms with Crippen molar-refractivity contribution in [1.82, 2.24) is 19.9 Å². The van der Waals surface area contributed by atoms with Crippen LogP contribution in [0, 0.1) is 11.6 Å². The van der Waals surface area contributed by atoms with Crippen LogP contribution >= 0.6 is 11.3 Å². The van der Waals surface area contributed by atoms with E-state index in [2.05, 4.69) is 15.3 Å². The van der Waals surface area contributed by atoms with Crippen LogP contribution in [0.25, 0.3) is 21.7 Å². The van der Waals surface area contributed by atoms with Gasteiger partial charge in [-0.3, -0.25) is 14.2 Å². The zero-order chi connectivity index (χ0) is 29.2. The monoisotopic (exact) mass is 587 g/mol. The molecule has 0 spiro atoms. The molecule has 8 nitrogen and oxygen atoms in total. The van der Waals surface area contributed by atoms with Gasteiger partial charge in [0.1, 0.15) is 29.3 Å². The van der Waals surface area contributed by atoms with Crippen molar-refractivity contribution >= 4 is 32.7 Å². The number of nitrogens with one attached hydrogen (secondary N) is 1. The lowest BCUT2D eigenvalue weighted by atomic mass is 10.1. The molecular formula is C31H27F2N5O3S. The van der Waals surface area contributed by atoms with Gasteiger partial charge in [0.05, 0.1) is 19.2 Å². The number of carbonyl (C=O) groups excluding carboxylic acids is 1.